The van der Waals surface area contributed by atoms with Gasteiger partial charge in [-0.15, -0.1) is 11.3 Å². The highest BCUT2D eigenvalue weighted by atomic mass is 32.1. The van der Waals surface area contributed by atoms with Crippen LogP contribution in [-0.4, -0.2) is 41.1 Å². The van der Waals surface area contributed by atoms with Gasteiger partial charge in [-0.2, -0.15) is 0 Å². The molecule has 2 aliphatic heterocycles. The lowest BCUT2D eigenvalue weighted by Crippen LogP contribution is -2.43. The third kappa shape index (κ3) is 3.14. The fourth-order valence-corrected chi connectivity index (χ4v) is 4.60. The molecule has 4 rings (SSSR count). The zero-order valence-corrected chi connectivity index (χ0v) is 15.1. The highest BCUT2D eigenvalue weighted by Gasteiger charge is 2.39. The van der Waals surface area contributed by atoms with Gasteiger partial charge in [0.15, 0.2) is 0 Å². The van der Waals surface area contributed by atoms with Crippen molar-refractivity contribution in [2.45, 2.75) is 57.3 Å². The van der Waals surface area contributed by atoms with E-state index in [0.29, 0.717) is 23.3 Å². The molecule has 0 radical (unpaired) electrons. The molecule has 0 saturated carbocycles. The van der Waals surface area contributed by atoms with Crippen LogP contribution in [0.25, 0.3) is 10.1 Å². The summed E-state index contributed by atoms with van der Waals surface area (Å²) in [6.45, 7) is 3.63. The number of nitrogens with one attached hydrogen (secondary N) is 2. The van der Waals surface area contributed by atoms with E-state index < -0.39 is 0 Å². The first kappa shape index (κ1) is 16.5. The van der Waals surface area contributed by atoms with Crippen molar-refractivity contribution >= 4 is 33.3 Å². The Morgan fingerprint density at radius 3 is 2.92 bits per heavy atom. The van der Waals surface area contributed by atoms with E-state index in [9.17, 15) is 9.59 Å². The van der Waals surface area contributed by atoms with Gasteiger partial charge < -0.3 is 15.4 Å². The van der Waals surface area contributed by atoms with Crippen molar-refractivity contribution in [3.63, 3.8) is 0 Å². The van der Waals surface area contributed by atoms with E-state index in [1.54, 1.807) is 17.6 Å². The van der Waals surface area contributed by atoms with Crippen LogP contribution in [0.3, 0.4) is 0 Å². The zero-order valence-electron chi connectivity index (χ0n) is 14.2. The third-order valence-electron chi connectivity index (χ3n) is 4.87. The summed E-state index contributed by atoms with van der Waals surface area (Å²) in [5.41, 5.74) is 0.832. The number of rotatable bonds is 4. The molecule has 25 heavy (non-hydrogen) atoms. The molecule has 0 spiro atoms. The minimum atomic E-state index is -0.365. The lowest BCUT2D eigenvalue weighted by Gasteiger charge is -2.21. The molecule has 7 heteroatoms. The van der Waals surface area contributed by atoms with Crippen LogP contribution in [0.15, 0.2) is 17.6 Å². The van der Waals surface area contributed by atoms with E-state index in [4.69, 9.17) is 4.74 Å². The standard InChI is InChI=1S/C18H21N3O3S/c1-9(2)24-18(23)12-8-25-16-7-19-15(6-11(12)16)17(22)21-14-5-10-3-4-13(14)20-10/h6-10,13-14,20H,3-5H2,1-2H3,(H,21,22)/t10-,13+,14-/m1/s1. The zero-order chi connectivity index (χ0) is 17.6. The maximum atomic E-state index is 12.6. The van der Waals surface area contributed by atoms with E-state index in [1.807, 2.05) is 13.8 Å². The molecule has 4 heterocycles. The van der Waals surface area contributed by atoms with Crippen LogP contribution in [0.4, 0.5) is 0 Å². The molecule has 1 amide bonds. The van der Waals surface area contributed by atoms with Gasteiger partial charge in [-0.05, 0) is 39.2 Å². The number of thiophene rings is 1. The molecule has 2 bridgehead atoms. The van der Waals surface area contributed by atoms with E-state index in [-0.39, 0.29) is 24.0 Å². The Hall–Kier alpha value is -1.99. The van der Waals surface area contributed by atoms with Gasteiger partial charge in [0.2, 0.25) is 0 Å². The summed E-state index contributed by atoms with van der Waals surface area (Å²) in [6.07, 6.45) is 4.75. The molecule has 0 aromatic carbocycles. The SMILES string of the molecule is CC(C)OC(=O)c1csc2cnc(C(=O)N[C@@H]3C[C@H]4CC[C@@H]3N4)cc12. The molecule has 2 aromatic rings. The molecule has 0 aliphatic carbocycles. The average molecular weight is 359 g/mol. The van der Waals surface area contributed by atoms with Crippen LogP contribution in [0, 0.1) is 0 Å². The van der Waals surface area contributed by atoms with Crippen LogP contribution < -0.4 is 10.6 Å². The maximum absolute atomic E-state index is 12.6. The molecule has 2 saturated heterocycles. The number of carbonyl (C=O) groups is 2. The van der Waals surface area contributed by atoms with E-state index in [0.717, 1.165) is 22.9 Å². The van der Waals surface area contributed by atoms with Gasteiger partial charge in [-0.25, -0.2) is 9.78 Å². The second-order valence-electron chi connectivity index (χ2n) is 7.03. The number of hydrogen-bond acceptors (Lipinski definition) is 6. The molecule has 3 atom stereocenters. The van der Waals surface area contributed by atoms with Crippen LogP contribution >= 0.6 is 11.3 Å². The topological polar surface area (TPSA) is 80.3 Å². The molecule has 0 unspecified atom stereocenters. The summed E-state index contributed by atoms with van der Waals surface area (Å²) < 4.78 is 6.15. The third-order valence-corrected chi connectivity index (χ3v) is 5.81. The summed E-state index contributed by atoms with van der Waals surface area (Å²) in [5, 5.41) is 9.08. The van der Waals surface area contributed by atoms with Crippen molar-refractivity contribution in [3.05, 3.63) is 28.9 Å². The fourth-order valence-electron chi connectivity index (χ4n) is 3.72. The predicted octanol–water partition coefficient (Wildman–Crippen LogP) is 2.48. The first-order valence-electron chi connectivity index (χ1n) is 8.66. The van der Waals surface area contributed by atoms with Gasteiger partial charge in [0.1, 0.15) is 5.69 Å². The van der Waals surface area contributed by atoms with Crippen LogP contribution in [0.1, 0.15) is 54.0 Å². The van der Waals surface area contributed by atoms with Crippen molar-refractivity contribution in [1.29, 1.82) is 0 Å². The number of carbonyl (C=O) groups excluding carboxylic acids is 2. The van der Waals surface area contributed by atoms with Gasteiger partial charge in [-0.1, -0.05) is 0 Å². The minimum Gasteiger partial charge on any atom is -0.459 e. The Morgan fingerprint density at radius 2 is 2.24 bits per heavy atom. The first-order valence-corrected chi connectivity index (χ1v) is 9.54. The van der Waals surface area contributed by atoms with Gasteiger partial charge in [0.05, 0.1) is 16.4 Å². The summed E-state index contributed by atoms with van der Waals surface area (Å²) in [6, 6.07) is 2.76. The summed E-state index contributed by atoms with van der Waals surface area (Å²) in [7, 11) is 0. The van der Waals surface area contributed by atoms with E-state index in [1.165, 1.54) is 17.8 Å². The maximum Gasteiger partial charge on any atom is 0.339 e. The van der Waals surface area contributed by atoms with Gasteiger partial charge in [0, 0.05) is 35.1 Å². The van der Waals surface area contributed by atoms with Crippen LogP contribution in [-0.2, 0) is 4.74 Å². The van der Waals surface area contributed by atoms with E-state index in [2.05, 4.69) is 15.6 Å². The molecule has 6 nitrogen and oxygen atoms in total. The molecule has 2 N–H and O–H groups in total. The number of nitrogens with zero attached hydrogens (tertiary/aromatic N) is 1. The Balaban J connectivity index is 1.55. The normalized spacial score (nSPS) is 24.8. The van der Waals surface area contributed by atoms with Crippen LogP contribution in [0.5, 0.6) is 0 Å². The summed E-state index contributed by atoms with van der Waals surface area (Å²) in [5.74, 6) is -0.549. The monoisotopic (exact) mass is 359 g/mol. The molecule has 2 aliphatic rings. The summed E-state index contributed by atoms with van der Waals surface area (Å²) >= 11 is 1.43. The average Bonchev–Trinajstić information content (AvgIpc) is 3.28. The number of pyridine rings is 1. The lowest BCUT2D eigenvalue weighted by atomic mass is 9.95. The van der Waals surface area contributed by atoms with Crippen molar-refractivity contribution < 1.29 is 14.3 Å². The smallest absolute Gasteiger partial charge is 0.339 e. The summed E-state index contributed by atoms with van der Waals surface area (Å²) in [4.78, 5) is 29.1. The largest absolute Gasteiger partial charge is 0.459 e. The second-order valence-corrected chi connectivity index (χ2v) is 7.94. The van der Waals surface area contributed by atoms with Crippen molar-refractivity contribution in [2.24, 2.45) is 0 Å². The molecular weight excluding hydrogens is 338 g/mol. The van der Waals surface area contributed by atoms with Gasteiger partial charge in [-0.3, -0.25) is 4.79 Å². The number of esters is 1. The number of ether oxygens (including phenoxy) is 1. The number of amides is 1. The highest BCUT2D eigenvalue weighted by Crippen LogP contribution is 2.29. The van der Waals surface area contributed by atoms with Gasteiger partial charge in [0.25, 0.3) is 5.91 Å². The molecule has 132 valence electrons. The van der Waals surface area contributed by atoms with Crippen molar-refractivity contribution in [3.8, 4) is 0 Å². The Morgan fingerprint density at radius 1 is 1.40 bits per heavy atom. The number of aromatic nitrogens is 1. The van der Waals surface area contributed by atoms with Crippen molar-refractivity contribution in [1.82, 2.24) is 15.6 Å². The molecule has 2 aromatic heterocycles. The number of fused-ring (bicyclic) bond motifs is 3. The molecular formula is C18H21N3O3S. The quantitative estimate of drug-likeness (QED) is 0.820. The van der Waals surface area contributed by atoms with Crippen LogP contribution in [0.2, 0.25) is 0 Å². The lowest BCUT2D eigenvalue weighted by molar-refractivity contribution is 0.0380. The van der Waals surface area contributed by atoms with Gasteiger partial charge >= 0.3 is 5.97 Å². The second kappa shape index (κ2) is 6.38. The Kier molecular flexibility index (Phi) is 4.21. The number of hydrogen-bond donors (Lipinski definition) is 2. The predicted molar refractivity (Wildman–Crippen MR) is 96.0 cm³/mol. The molecule has 2 fully saturated rings. The first-order chi connectivity index (χ1) is 12.0. The Labute approximate surface area is 150 Å². The van der Waals surface area contributed by atoms with E-state index >= 15 is 0 Å². The Bertz CT molecular complexity index is 832. The fraction of sp³-hybridized carbons (Fsp3) is 0.500. The highest BCUT2D eigenvalue weighted by molar-refractivity contribution is 7.17. The van der Waals surface area contributed by atoms with Crippen molar-refractivity contribution in [2.75, 3.05) is 0 Å². The minimum absolute atomic E-state index is 0.164.